The van der Waals surface area contributed by atoms with Gasteiger partial charge in [-0.25, -0.2) is 23.1 Å². The number of nitrogens with zero attached hydrogens (tertiary/aromatic N) is 2. The van der Waals surface area contributed by atoms with E-state index in [2.05, 4.69) is 40.8 Å². The van der Waals surface area contributed by atoms with Crippen LogP contribution in [0, 0.1) is 11.3 Å². The van der Waals surface area contributed by atoms with E-state index in [1.165, 1.54) is 12.4 Å². The molecule has 0 amide bonds. The van der Waals surface area contributed by atoms with Gasteiger partial charge in [-0.1, -0.05) is 27.7 Å². The third kappa shape index (κ3) is 4.43. The number of sulfonamides is 1. The number of aromatic nitrogens is 2. The van der Waals surface area contributed by atoms with Gasteiger partial charge < -0.3 is 5.32 Å². The molecule has 0 aliphatic heterocycles. The van der Waals surface area contributed by atoms with Crippen molar-refractivity contribution >= 4 is 16.0 Å². The molecule has 6 nitrogen and oxygen atoms in total. The molecule has 19 heavy (non-hydrogen) atoms. The highest BCUT2D eigenvalue weighted by molar-refractivity contribution is 7.89. The van der Waals surface area contributed by atoms with Gasteiger partial charge in [-0.05, 0) is 11.3 Å². The molecule has 0 saturated carbocycles. The molecule has 0 spiro atoms. The molecule has 0 fully saturated rings. The van der Waals surface area contributed by atoms with Crippen LogP contribution in [-0.2, 0) is 10.0 Å². The van der Waals surface area contributed by atoms with Crippen LogP contribution >= 0.6 is 0 Å². The third-order valence-electron chi connectivity index (χ3n) is 3.22. The minimum absolute atomic E-state index is 0.0506. The molecule has 1 atom stereocenters. The number of nitrogens with one attached hydrogen (secondary N) is 2. The molecule has 0 bridgehead atoms. The molecule has 1 aromatic rings. The number of hydrogen-bond donors (Lipinski definition) is 2. The summed E-state index contributed by atoms with van der Waals surface area (Å²) in [6, 6.07) is 0. The molecule has 7 heteroatoms. The van der Waals surface area contributed by atoms with Crippen molar-refractivity contribution in [2.45, 2.75) is 32.6 Å². The maximum Gasteiger partial charge on any atom is 0.243 e. The van der Waals surface area contributed by atoms with Crippen molar-refractivity contribution in [1.82, 2.24) is 14.7 Å². The zero-order chi connectivity index (χ0) is 14.7. The quantitative estimate of drug-likeness (QED) is 0.856. The molecule has 1 rings (SSSR count). The van der Waals surface area contributed by atoms with Crippen LogP contribution in [0.3, 0.4) is 0 Å². The van der Waals surface area contributed by atoms with Crippen molar-refractivity contribution in [2.75, 3.05) is 18.9 Å². The molecule has 0 aliphatic rings. The molecule has 0 aromatic carbocycles. The highest BCUT2D eigenvalue weighted by atomic mass is 32.2. The fourth-order valence-electron chi connectivity index (χ4n) is 1.21. The van der Waals surface area contributed by atoms with E-state index >= 15 is 0 Å². The fourth-order valence-corrected chi connectivity index (χ4v) is 2.23. The van der Waals surface area contributed by atoms with Crippen molar-refractivity contribution in [3.05, 3.63) is 12.4 Å². The van der Waals surface area contributed by atoms with Gasteiger partial charge in [0.1, 0.15) is 4.90 Å². The van der Waals surface area contributed by atoms with Crippen LogP contribution in [-0.4, -0.2) is 32.0 Å². The molecular weight excluding hydrogens is 264 g/mol. The molecule has 0 radical (unpaired) electrons. The number of rotatable bonds is 5. The van der Waals surface area contributed by atoms with Gasteiger partial charge in [-0.3, -0.25) is 0 Å². The smallest absolute Gasteiger partial charge is 0.243 e. The Morgan fingerprint density at radius 2 is 1.79 bits per heavy atom. The van der Waals surface area contributed by atoms with Crippen LogP contribution in [0.5, 0.6) is 0 Å². The van der Waals surface area contributed by atoms with Gasteiger partial charge in [0.2, 0.25) is 16.0 Å². The summed E-state index contributed by atoms with van der Waals surface area (Å²) in [7, 11) is -1.87. The fraction of sp³-hybridized carbons (Fsp3) is 0.667. The molecule has 2 N–H and O–H groups in total. The van der Waals surface area contributed by atoms with Gasteiger partial charge in [-0.15, -0.1) is 0 Å². The molecule has 1 aromatic heterocycles. The Balaban J connectivity index is 2.76. The Hall–Kier alpha value is -1.21. The van der Waals surface area contributed by atoms with Crippen LogP contribution in [0.15, 0.2) is 17.3 Å². The maximum absolute atomic E-state index is 12.1. The maximum atomic E-state index is 12.1. The molecule has 0 aliphatic carbocycles. The van der Waals surface area contributed by atoms with E-state index in [1.807, 2.05) is 6.92 Å². The SMILES string of the molecule is CNc1ncc(S(=O)(=O)NCC(C)C(C)(C)C)cn1. The first-order chi connectivity index (χ1) is 8.66. The zero-order valence-corrected chi connectivity index (χ0v) is 12.9. The summed E-state index contributed by atoms with van der Waals surface area (Å²) >= 11 is 0. The van der Waals surface area contributed by atoms with Crippen molar-refractivity contribution in [3.8, 4) is 0 Å². The average Bonchev–Trinajstić information content (AvgIpc) is 2.35. The predicted octanol–water partition coefficient (Wildman–Crippen LogP) is 1.48. The number of hydrogen-bond acceptors (Lipinski definition) is 5. The highest BCUT2D eigenvalue weighted by Gasteiger charge is 2.23. The summed E-state index contributed by atoms with van der Waals surface area (Å²) in [6.07, 6.45) is 2.59. The molecular formula is C12H22N4O2S. The van der Waals surface area contributed by atoms with Crippen LogP contribution in [0.1, 0.15) is 27.7 Å². The lowest BCUT2D eigenvalue weighted by Crippen LogP contribution is -2.33. The summed E-state index contributed by atoms with van der Waals surface area (Å²) in [5.74, 6) is 0.613. The van der Waals surface area contributed by atoms with Crippen LogP contribution in [0.25, 0.3) is 0 Å². The summed E-state index contributed by atoms with van der Waals surface area (Å²) in [5.41, 5.74) is 0.0506. The topological polar surface area (TPSA) is 84.0 Å². The Labute approximate surface area is 115 Å². The Morgan fingerprint density at radius 3 is 2.21 bits per heavy atom. The summed E-state index contributed by atoms with van der Waals surface area (Å²) in [4.78, 5) is 7.87. The first-order valence-electron chi connectivity index (χ1n) is 6.16. The lowest BCUT2D eigenvalue weighted by molar-refractivity contribution is 0.263. The van der Waals surface area contributed by atoms with E-state index in [9.17, 15) is 8.42 Å². The van der Waals surface area contributed by atoms with Crippen molar-refractivity contribution in [1.29, 1.82) is 0 Å². The van der Waals surface area contributed by atoms with Crippen molar-refractivity contribution < 1.29 is 8.42 Å². The average molecular weight is 286 g/mol. The van der Waals surface area contributed by atoms with Gasteiger partial charge in [-0.2, -0.15) is 0 Å². The van der Waals surface area contributed by atoms with E-state index in [1.54, 1.807) is 7.05 Å². The zero-order valence-electron chi connectivity index (χ0n) is 12.1. The van der Waals surface area contributed by atoms with Gasteiger partial charge in [0.15, 0.2) is 0 Å². The number of anilines is 1. The minimum atomic E-state index is -3.54. The Morgan fingerprint density at radius 1 is 1.26 bits per heavy atom. The minimum Gasteiger partial charge on any atom is -0.357 e. The van der Waals surface area contributed by atoms with E-state index in [4.69, 9.17) is 0 Å². The van der Waals surface area contributed by atoms with Crippen molar-refractivity contribution in [3.63, 3.8) is 0 Å². The second-order valence-corrected chi connectivity index (χ2v) is 7.38. The van der Waals surface area contributed by atoms with Gasteiger partial charge in [0.25, 0.3) is 0 Å². The Bertz CT molecular complexity index is 506. The first kappa shape index (κ1) is 15.8. The van der Waals surface area contributed by atoms with Gasteiger partial charge >= 0.3 is 0 Å². The van der Waals surface area contributed by atoms with Gasteiger partial charge in [0.05, 0.1) is 12.4 Å². The second-order valence-electron chi connectivity index (χ2n) is 5.61. The molecule has 108 valence electrons. The monoisotopic (exact) mass is 286 g/mol. The lowest BCUT2D eigenvalue weighted by atomic mass is 9.82. The molecule has 1 unspecified atom stereocenters. The Kier molecular flexibility index (Phi) is 4.86. The predicted molar refractivity (Wildman–Crippen MR) is 75.4 cm³/mol. The largest absolute Gasteiger partial charge is 0.357 e. The molecule has 1 heterocycles. The highest BCUT2D eigenvalue weighted by Crippen LogP contribution is 2.24. The second kappa shape index (κ2) is 5.83. The molecule has 0 saturated heterocycles. The van der Waals surface area contributed by atoms with E-state index in [-0.39, 0.29) is 16.2 Å². The third-order valence-corrected chi connectivity index (χ3v) is 4.60. The van der Waals surface area contributed by atoms with E-state index in [0.717, 1.165) is 0 Å². The standard InChI is InChI=1S/C12H22N4O2S/c1-9(12(2,3)4)6-16-19(17,18)10-7-14-11(13-5)15-8-10/h7-9,16H,6H2,1-5H3,(H,13,14,15). The van der Waals surface area contributed by atoms with Gasteiger partial charge in [0, 0.05) is 13.6 Å². The lowest BCUT2D eigenvalue weighted by Gasteiger charge is -2.27. The van der Waals surface area contributed by atoms with E-state index < -0.39 is 10.0 Å². The van der Waals surface area contributed by atoms with Crippen LogP contribution < -0.4 is 10.0 Å². The normalized spacial score (nSPS) is 14.2. The summed E-state index contributed by atoms with van der Waals surface area (Å²) in [5, 5.41) is 2.74. The first-order valence-corrected chi connectivity index (χ1v) is 7.64. The summed E-state index contributed by atoms with van der Waals surface area (Å²) in [6.45, 7) is 8.65. The van der Waals surface area contributed by atoms with Crippen molar-refractivity contribution in [2.24, 2.45) is 11.3 Å². The summed E-state index contributed by atoms with van der Waals surface area (Å²) < 4.78 is 26.7. The van der Waals surface area contributed by atoms with Crippen LogP contribution in [0.4, 0.5) is 5.95 Å². The van der Waals surface area contributed by atoms with E-state index in [0.29, 0.717) is 12.5 Å². The van der Waals surface area contributed by atoms with Crippen LogP contribution in [0.2, 0.25) is 0 Å².